The van der Waals surface area contributed by atoms with E-state index in [2.05, 4.69) is 0 Å². The average molecular weight is 236 g/mol. The van der Waals surface area contributed by atoms with Crippen LogP contribution in [0.4, 0.5) is 4.39 Å². The summed E-state index contributed by atoms with van der Waals surface area (Å²) >= 11 is 1.58. The van der Waals surface area contributed by atoms with Gasteiger partial charge in [0.1, 0.15) is 11.9 Å². The molecule has 1 N–H and O–H groups in total. The van der Waals surface area contributed by atoms with Crippen LogP contribution < -0.4 is 0 Å². The zero-order valence-corrected chi connectivity index (χ0v) is 10.0. The van der Waals surface area contributed by atoms with Crippen LogP contribution in [-0.4, -0.2) is 5.11 Å². The molecule has 0 bridgehead atoms. The summed E-state index contributed by atoms with van der Waals surface area (Å²) in [6.07, 6.45) is -0.735. The van der Waals surface area contributed by atoms with E-state index in [9.17, 15) is 9.50 Å². The van der Waals surface area contributed by atoms with Gasteiger partial charge < -0.3 is 5.11 Å². The Morgan fingerprint density at radius 3 is 2.56 bits per heavy atom. The smallest absolute Gasteiger partial charge is 0.126 e. The maximum absolute atomic E-state index is 13.4. The van der Waals surface area contributed by atoms with Crippen molar-refractivity contribution in [2.45, 2.75) is 20.0 Å². The van der Waals surface area contributed by atoms with Crippen LogP contribution in [0.25, 0.3) is 0 Å². The SMILES string of the molecule is Cc1ccc(C(O)c2ccsc2C)cc1F. The molecule has 0 radical (unpaired) electrons. The van der Waals surface area contributed by atoms with E-state index in [1.165, 1.54) is 6.07 Å². The van der Waals surface area contributed by atoms with Gasteiger partial charge in [-0.05, 0) is 48.1 Å². The van der Waals surface area contributed by atoms with Crippen molar-refractivity contribution >= 4 is 11.3 Å². The lowest BCUT2D eigenvalue weighted by atomic mass is 10.0. The van der Waals surface area contributed by atoms with Crippen LogP contribution in [0.15, 0.2) is 29.6 Å². The van der Waals surface area contributed by atoms with E-state index in [1.54, 1.807) is 30.4 Å². The number of thiophene rings is 1. The Labute approximate surface area is 98.2 Å². The molecule has 0 spiro atoms. The number of rotatable bonds is 2. The van der Waals surface area contributed by atoms with Crippen LogP contribution >= 0.6 is 11.3 Å². The maximum Gasteiger partial charge on any atom is 0.126 e. The molecular formula is C13H13FOS. The van der Waals surface area contributed by atoms with Gasteiger partial charge in [-0.25, -0.2) is 4.39 Å². The van der Waals surface area contributed by atoms with Gasteiger partial charge in [0, 0.05) is 4.88 Å². The van der Waals surface area contributed by atoms with Crippen LogP contribution in [0.2, 0.25) is 0 Å². The zero-order valence-electron chi connectivity index (χ0n) is 9.20. The van der Waals surface area contributed by atoms with Crippen LogP contribution in [0, 0.1) is 19.7 Å². The Morgan fingerprint density at radius 2 is 2.00 bits per heavy atom. The highest BCUT2D eigenvalue weighted by Crippen LogP contribution is 2.28. The fraction of sp³-hybridized carbons (Fsp3) is 0.231. The lowest BCUT2D eigenvalue weighted by molar-refractivity contribution is 0.219. The predicted molar refractivity (Wildman–Crippen MR) is 64.3 cm³/mol. The molecule has 0 amide bonds. The molecule has 0 saturated carbocycles. The van der Waals surface area contributed by atoms with E-state index in [-0.39, 0.29) is 5.82 Å². The third-order valence-corrected chi connectivity index (χ3v) is 3.57. The molecule has 1 unspecified atom stereocenters. The number of aryl methyl sites for hydroxylation is 2. The van der Waals surface area contributed by atoms with Crippen LogP contribution in [0.3, 0.4) is 0 Å². The zero-order chi connectivity index (χ0) is 11.7. The number of aliphatic hydroxyl groups is 1. The molecule has 84 valence electrons. The predicted octanol–water partition coefficient (Wildman–Crippen LogP) is 3.59. The highest BCUT2D eigenvalue weighted by Gasteiger charge is 2.14. The van der Waals surface area contributed by atoms with E-state index in [4.69, 9.17) is 0 Å². The molecule has 1 aromatic heterocycles. The highest BCUT2D eigenvalue weighted by molar-refractivity contribution is 7.10. The summed E-state index contributed by atoms with van der Waals surface area (Å²) in [4.78, 5) is 1.06. The minimum atomic E-state index is -0.735. The van der Waals surface area contributed by atoms with E-state index in [1.807, 2.05) is 18.4 Å². The molecule has 3 heteroatoms. The van der Waals surface area contributed by atoms with Gasteiger partial charge in [0.2, 0.25) is 0 Å². The summed E-state index contributed by atoms with van der Waals surface area (Å²) in [6, 6.07) is 6.73. The number of benzene rings is 1. The van der Waals surface area contributed by atoms with Gasteiger partial charge in [0.25, 0.3) is 0 Å². The molecule has 2 rings (SSSR count). The summed E-state index contributed by atoms with van der Waals surface area (Å²) in [6.45, 7) is 3.66. The average Bonchev–Trinajstić information content (AvgIpc) is 2.67. The first-order valence-corrected chi connectivity index (χ1v) is 5.95. The van der Waals surface area contributed by atoms with E-state index in [0.717, 1.165) is 10.4 Å². The quantitative estimate of drug-likeness (QED) is 0.845. The second kappa shape index (κ2) is 4.36. The van der Waals surface area contributed by atoms with Gasteiger partial charge in [-0.2, -0.15) is 0 Å². The van der Waals surface area contributed by atoms with Gasteiger partial charge in [-0.3, -0.25) is 0 Å². The Morgan fingerprint density at radius 1 is 1.25 bits per heavy atom. The largest absolute Gasteiger partial charge is 0.384 e. The maximum atomic E-state index is 13.4. The minimum Gasteiger partial charge on any atom is -0.384 e. The second-order valence-corrected chi connectivity index (χ2v) is 4.96. The first-order valence-electron chi connectivity index (χ1n) is 5.07. The van der Waals surface area contributed by atoms with E-state index < -0.39 is 6.10 Å². The van der Waals surface area contributed by atoms with Gasteiger partial charge in [0.15, 0.2) is 0 Å². The molecule has 1 heterocycles. The standard InChI is InChI=1S/C13H13FOS/c1-8-3-4-10(7-12(8)14)13(15)11-5-6-16-9(11)2/h3-7,13,15H,1-2H3. The summed E-state index contributed by atoms with van der Waals surface area (Å²) in [7, 11) is 0. The Balaban J connectivity index is 2.38. The lowest BCUT2D eigenvalue weighted by Crippen LogP contribution is -2.00. The lowest BCUT2D eigenvalue weighted by Gasteiger charge is -2.11. The van der Waals surface area contributed by atoms with Crippen molar-refractivity contribution in [3.8, 4) is 0 Å². The Hall–Kier alpha value is -1.19. The first kappa shape index (κ1) is 11.3. The third kappa shape index (κ3) is 2.01. The molecular weight excluding hydrogens is 223 g/mol. The first-order chi connectivity index (χ1) is 7.59. The van der Waals surface area contributed by atoms with Crippen molar-refractivity contribution in [2.75, 3.05) is 0 Å². The fourth-order valence-corrected chi connectivity index (χ4v) is 2.37. The van der Waals surface area contributed by atoms with Crippen LogP contribution in [-0.2, 0) is 0 Å². The number of halogens is 1. The Bertz CT molecular complexity index is 504. The van der Waals surface area contributed by atoms with Crippen LogP contribution in [0.1, 0.15) is 27.7 Å². The molecule has 16 heavy (non-hydrogen) atoms. The van der Waals surface area contributed by atoms with Crippen LogP contribution in [0.5, 0.6) is 0 Å². The second-order valence-electron chi connectivity index (χ2n) is 3.84. The van der Waals surface area contributed by atoms with Crippen molar-refractivity contribution in [3.05, 3.63) is 57.0 Å². The van der Waals surface area contributed by atoms with Crippen molar-refractivity contribution in [1.82, 2.24) is 0 Å². The van der Waals surface area contributed by atoms with Crippen molar-refractivity contribution < 1.29 is 9.50 Å². The fourth-order valence-electron chi connectivity index (χ4n) is 1.64. The summed E-state index contributed by atoms with van der Waals surface area (Å²) in [5, 5.41) is 12.0. The van der Waals surface area contributed by atoms with Crippen molar-refractivity contribution in [1.29, 1.82) is 0 Å². The molecule has 0 saturated heterocycles. The summed E-state index contributed by atoms with van der Waals surface area (Å²) in [5.41, 5.74) is 2.05. The Kier molecular flexibility index (Phi) is 3.08. The van der Waals surface area contributed by atoms with Crippen molar-refractivity contribution in [2.24, 2.45) is 0 Å². The van der Waals surface area contributed by atoms with E-state index >= 15 is 0 Å². The number of hydrogen-bond donors (Lipinski definition) is 1. The van der Waals surface area contributed by atoms with Gasteiger partial charge >= 0.3 is 0 Å². The molecule has 0 fully saturated rings. The molecule has 1 nitrogen and oxygen atoms in total. The third-order valence-electron chi connectivity index (χ3n) is 2.71. The molecule has 0 aliphatic heterocycles. The van der Waals surface area contributed by atoms with Gasteiger partial charge in [-0.15, -0.1) is 11.3 Å². The molecule has 2 aromatic rings. The number of hydrogen-bond acceptors (Lipinski definition) is 2. The monoisotopic (exact) mass is 236 g/mol. The van der Waals surface area contributed by atoms with Gasteiger partial charge in [-0.1, -0.05) is 12.1 Å². The molecule has 1 aromatic carbocycles. The summed E-state index contributed by atoms with van der Waals surface area (Å²) < 4.78 is 13.4. The molecule has 0 aliphatic rings. The van der Waals surface area contributed by atoms with Gasteiger partial charge in [0.05, 0.1) is 0 Å². The normalized spacial score (nSPS) is 12.8. The molecule has 0 aliphatic carbocycles. The topological polar surface area (TPSA) is 20.2 Å². The molecule has 1 atom stereocenters. The van der Waals surface area contributed by atoms with Crippen molar-refractivity contribution in [3.63, 3.8) is 0 Å². The minimum absolute atomic E-state index is 0.274. The summed E-state index contributed by atoms with van der Waals surface area (Å²) in [5.74, 6) is -0.274. The number of aliphatic hydroxyl groups excluding tert-OH is 1. The highest BCUT2D eigenvalue weighted by atomic mass is 32.1. The van der Waals surface area contributed by atoms with E-state index in [0.29, 0.717) is 11.1 Å².